The lowest BCUT2D eigenvalue weighted by Gasteiger charge is -2.42. The molecule has 148 valence electrons. The monoisotopic (exact) mass is 368 g/mol. The second kappa shape index (κ2) is 8.50. The molecule has 5 atom stereocenters. The van der Waals surface area contributed by atoms with Crippen LogP contribution >= 0.6 is 0 Å². The summed E-state index contributed by atoms with van der Waals surface area (Å²) in [6.45, 7) is 4.42. The summed E-state index contributed by atoms with van der Waals surface area (Å²) in [5.41, 5.74) is 3.39. The Morgan fingerprint density at radius 2 is 1.85 bits per heavy atom. The number of fused-ring (bicyclic) bond motifs is 2. The zero-order chi connectivity index (χ0) is 18.8. The molecule has 0 aliphatic heterocycles. The molecule has 2 saturated carbocycles. The molecule has 0 N–H and O–H groups in total. The van der Waals surface area contributed by atoms with Gasteiger partial charge in [-0.25, -0.2) is 4.39 Å². The highest BCUT2D eigenvalue weighted by Crippen LogP contribution is 2.49. The van der Waals surface area contributed by atoms with Gasteiger partial charge in [0.25, 0.3) is 0 Å². The van der Waals surface area contributed by atoms with E-state index < -0.39 is 0 Å². The summed E-state index contributed by atoms with van der Waals surface area (Å²) in [4.78, 5) is 0. The molecule has 27 heavy (non-hydrogen) atoms. The Bertz CT molecular complexity index is 673. The van der Waals surface area contributed by atoms with Crippen LogP contribution in [0.3, 0.4) is 0 Å². The molecule has 0 heterocycles. The van der Waals surface area contributed by atoms with E-state index in [4.69, 9.17) is 0 Å². The van der Waals surface area contributed by atoms with Crippen LogP contribution in [0.25, 0.3) is 0 Å². The van der Waals surface area contributed by atoms with Gasteiger partial charge in [-0.15, -0.1) is 0 Å². The molecule has 0 saturated heterocycles. The fourth-order valence-corrected chi connectivity index (χ4v) is 6.35. The van der Waals surface area contributed by atoms with Crippen molar-refractivity contribution in [3.8, 4) is 0 Å². The number of benzene rings is 1. The topological polar surface area (TPSA) is 0 Å². The van der Waals surface area contributed by atoms with Crippen LogP contribution in [0.2, 0.25) is 0 Å². The molecule has 0 amide bonds. The smallest absolute Gasteiger partial charge is 0.130 e. The first-order chi connectivity index (χ1) is 13.2. The summed E-state index contributed by atoms with van der Waals surface area (Å²) in [5.74, 6) is 4.03. The lowest BCUT2D eigenvalue weighted by Crippen LogP contribution is -2.31. The molecule has 4 rings (SSSR count). The van der Waals surface area contributed by atoms with Gasteiger partial charge in [0.1, 0.15) is 5.82 Å². The van der Waals surface area contributed by atoms with Crippen LogP contribution in [0, 0.1) is 29.5 Å². The maximum Gasteiger partial charge on any atom is 0.130 e. The molecule has 1 aromatic carbocycles. The minimum absolute atomic E-state index is 0.169. The average molecular weight is 369 g/mol. The molecule has 0 radical (unpaired) electrons. The van der Waals surface area contributed by atoms with Gasteiger partial charge in [-0.3, -0.25) is 0 Å². The molecule has 3 aliphatic carbocycles. The maximum absolute atomic E-state index is 15.3. The molecular weight excluding hydrogens is 331 g/mol. The van der Waals surface area contributed by atoms with Crippen molar-refractivity contribution in [2.24, 2.45) is 23.7 Å². The highest BCUT2D eigenvalue weighted by Gasteiger charge is 2.37. The largest absolute Gasteiger partial charge is 0.206 e. The van der Waals surface area contributed by atoms with Gasteiger partial charge in [-0.2, -0.15) is 0 Å². The van der Waals surface area contributed by atoms with Gasteiger partial charge in [0, 0.05) is 0 Å². The minimum Gasteiger partial charge on any atom is -0.206 e. The van der Waals surface area contributed by atoms with Gasteiger partial charge in [0.05, 0.1) is 0 Å². The Morgan fingerprint density at radius 3 is 2.70 bits per heavy atom. The van der Waals surface area contributed by atoms with E-state index in [2.05, 4.69) is 38.1 Å². The van der Waals surface area contributed by atoms with Crippen LogP contribution in [0.4, 0.5) is 4.39 Å². The zero-order valence-electron chi connectivity index (χ0n) is 17.4. The van der Waals surface area contributed by atoms with Crippen LogP contribution in [0.15, 0.2) is 24.3 Å². The van der Waals surface area contributed by atoms with Crippen molar-refractivity contribution in [3.05, 3.63) is 46.8 Å². The first kappa shape index (κ1) is 19.2. The Labute approximate surface area is 165 Å². The quantitative estimate of drug-likeness (QED) is 0.480. The normalized spacial score (nSPS) is 33.7. The fraction of sp³-hybridized carbons (Fsp3) is 0.692. The molecule has 2 fully saturated rings. The van der Waals surface area contributed by atoms with E-state index >= 15 is 4.39 Å². The third-order valence-corrected chi connectivity index (χ3v) is 7.96. The van der Waals surface area contributed by atoms with Crippen LogP contribution < -0.4 is 0 Å². The van der Waals surface area contributed by atoms with Crippen molar-refractivity contribution in [2.75, 3.05) is 0 Å². The summed E-state index contributed by atoms with van der Waals surface area (Å²) in [6, 6.07) is 4.41. The van der Waals surface area contributed by atoms with Gasteiger partial charge < -0.3 is 0 Å². The minimum atomic E-state index is 0.169. The summed E-state index contributed by atoms with van der Waals surface area (Å²) < 4.78 is 15.3. The molecule has 5 unspecified atom stereocenters. The van der Waals surface area contributed by atoms with Crippen molar-refractivity contribution in [2.45, 2.75) is 90.4 Å². The highest BCUT2D eigenvalue weighted by atomic mass is 19.1. The molecule has 3 aliphatic rings. The summed E-state index contributed by atoms with van der Waals surface area (Å²) in [6.07, 6.45) is 18.3. The summed E-state index contributed by atoms with van der Waals surface area (Å²) >= 11 is 0. The first-order valence-corrected chi connectivity index (χ1v) is 11.6. The van der Waals surface area contributed by atoms with Crippen molar-refractivity contribution in [1.82, 2.24) is 0 Å². The van der Waals surface area contributed by atoms with E-state index in [-0.39, 0.29) is 5.82 Å². The van der Waals surface area contributed by atoms with E-state index in [1.165, 1.54) is 56.9 Å². The molecular formula is C26H37F. The second-order valence-electron chi connectivity index (χ2n) is 9.81. The number of halogens is 1. The molecule has 0 bridgehead atoms. The molecule has 1 heteroatoms. The van der Waals surface area contributed by atoms with E-state index in [0.717, 1.165) is 48.1 Å². The van der Waals surface area contributed by atoms with Gasteiger partial charge in [0.15, 0.2) is 0 Å². The van der Waals surface area contributed by atoms with Crippen molar-refractivity contribution < 1.29 is 4.39 Å². The van der Waals surface area contributed by atoms with Crippen molar-refractivity contribution >= 4 is 0 Å². The standard InChI is InChI=1S/C26H37F/c1-3-4-5-6-19-8-9-21-17-23(11-10-20(21)16-19)25-14-12-22-15-18(2)7-13-24(22)26(25)27/h3-4,12,14,18-21,23H,5-11,13,15-17H2,1-2H3/b4-3+. The highest BCUT2D eigenvalue weighted by molar-refractivity contribution is 5.38. The zero-order valence-corrected chi connectivity index (χ0v) is 17.4. The van der Waals surface area contributed by atoms with Crippen molar-refractivity contribution in [1.29, 1.82) is 0 Å². The lowest BCUT2D eigenvalue weighted by molar-refractivity contribution is 0.114. The van der Waals surface area contributed by atoms with Gasteiger partial charge in [-0.1, -0.05) is 37.6 Å². The van der Waals surface area contributed by atoms with Crippen LogP contribution in [-0.4, -0.2) is 0 Å². The third-order valence-electron chi connectivity index (χ3n) is 7.96. The van der Waals surface area contributed by atoms with E-state index in [9.17, 15) is 0 Å². The predicted octanol–water partition coefficient (Wildman–Crippen LogP) is 7.61. The average Bonchev–Trinajstić information content (AvgIpc) is 2.68. The Balaban J connectivity index is 1.41. The summed E-state index contributed by atoms with van der Waals surface area (Å²) in [7, 11) is 0. The fourth-order valence-electron chi connectivity index (χ4n) is 6.35. The number of hydrogen-bond acceptors (Lipinski definition) is 0. The molecule has 1 aromatic rings. The first-order valence-electron chi connectivity index (χ1n) is 11.6. The van der Waals surface area contributed by atoms with Gasteiger partial charge in [0.2, 0.25) is 0 Å². The van der Waals surface area contributed by atoms with Gasteiger partial charge >= 0.3 is 0 Å². The lowest BCUT2D eigenvalue weighted by atomic mass is 9.63. The van der Waals surface area contributed by atoms with E-state index in [0.29, 0.717) is 11.8 Å². The van der Waals surface area contributed by atoms with Crippen LogP contribution in [0.1, 0.15) is 94.2 Å². The SMILES string of the molecule is C/C=C/CCC1CCC2CC(c3ccc4c(c3F)CCC(C)C4)CCC2C1. The van der Waals surface area contributed by atoms with Gasteiger partial charge in [-0.05, 0) is 117 Å². The Morgan fingerprint density at radius 1 is 1.04 bits per heavy atom. The predicted molar refractivity (Wildman–Crippen MR) is 113 cm³/mol. The second-order valence-corrected chi connectivity index (χ2v) is 9.81. The van der Waals surface area contributed by atoms with E-state index in [1.807, 2.05) is 0 Å². The molecule has 0 spiro atoms. The molecule has 0 nitrogen and oxygen atoms in total. The van der Waals surface area contributed by atoms with E-state index in [1.54, 1.807) is 0 Å². The summed E-state index contributed by atoms with van der Waals surface area (Å²) in [5, 5.41) is 0. The van der Waals surface area contributed by atoms with Crippen molar-refractivity contribution in [3.63, 3.8) is 0 Å². The van der Waals surface area contributed by atoms with Crippen LogP contribution in [-0.2, 0) is 12.8 Å². The Hall–Kier alpha value is -1.11. The van der Waals surface area contributed by atoms with Crippen LogP contribution in [0.5, 0.6) is 0 Å². The third kappa shape index (κ3) is 4.17. The maximum atomic E-state index is 15.3. The Kier molecular flexibility index (Phi) is 6.05. The number of allylic oxidation sites excluding steroid dienone is 2. The number of hydrogen-bond donors (Lipinski definition) is 0. The number of rotatable bonds is 4. The molecule has 0 aromatic heterocycles.